The summed E-state index contributed by atoms with van der Waals surface area (Å²) in [4.78, 5) is 3.99. The first-order chi connectivity index (χ1) is 6.72. The topological polar surface area (TPSA) is 22.1 Å². The van der Waals surface area contributed by atoms with Crippen LogP contribution in [-0.2, 0) is 0 Å². The van der Waals surface area contributed by atoms with E-state index in [0.29, 0.717) is 15.7 Å². The summed E-state index contributed by atoms with van der Waals surface area (Å²) in [7, 11) is 1.52. The molecule has 0 atom stereocenters. The van der Waals surface area contributed by atoms with Crippen LogP contribution in [0.4, 0.5) is 4.39 Å². The van der Waals surface area contributed by atoms with Crippen LogP contribution in [0.25, 0.3) is 10.8 Å². The van der Waals surface area contributed by atoms with Gasteiger partial charge in [-0.2, -0.15) is 0 Å². The summed E-state index contributed by atoms with van der Waals surface area (Å²) in [6, 6.07) is 4.92. The third kappa shape index (κ3) is 1.46. The second kappa shape index (κ2) is 3.53. The average Bonchev–Trinajstić information content (AvgIpc) is 2.19. The van der Waals surface area contributed by atoms with Crippen molar-refractivity contribution in [2.75, 3.05) is 7.11 Å². The van der Waals surface area contributed by atoms with Crippen LogP contribution in [0.1, 0.15) is 0 Å². The molecular weight excluding hydrogens is 249 g/mol. The summed E-state index contributed by atoms with van der Waals surface area (Å²) >= 11 is 3.13. The second-order valence-corrected chi connectivity index (χ2v) is 3.66. The van der Waals surface area contributed by atoms with E-state index in [0.717, 1.165) is 5.39 Å². The maximum atomic E-state index is 13.2. The van der Waals surface area contributed by atoms with E-state index in [1.807, 2.05) is 6.07 Å². The Kier molecular flexibility index (Phi) is 2.37. The van der Waals surface area contributed by atoms with E-state index in [-0.39, 0.29) is 5.82 Å². The Labute approximate surface area is 88.8 Å². The minimum atomic E-state index is -0.316. The second-order valence-electron chi connectivity index (χ2n) is 2.81. The molecule has 2 aromatic rings. The van der Waals surface area contributed by atoms with Crippen LogP contribution in [0.15, 0.2) is 28.9 Å². The van der Waals surface area contributed by atoms with Crippen molar-refractivity contribution in [2.45, 2.75) is 0 Å². The first-order valence-corrected chi connectivity index (χ1v) is 4.79. The van der Waals surface area contributed by atoms with Crippen molar-refractivity contribution in [2.24, 2.45) is 0 Å². The molecule has 0 fully saturated rings. The molecular formula is C10H7BrFNO. The van der Waals surface area contributed by atoms with Gasteiger partial charge in [-0.25, -0.2) is 9.37 Å². The number of methoxy groups -OCH3 is 1. The zero-order valence-corrected chi connectivity index (χ0v) is 9.01. The minimum Gasteiger partial charge on any atom is -0.481 e. The molecule has 0 N–H and O–H groups in total. The van der Waals surface area contributed by atoms with Gasteiger partial charge in [0.15, 0.2) is 0 Å². The van der Waals surface area contributed by atoms with Crippen molar-refractivity contribution in [3.8, 4) is 5.88 Å². The van der Waals surface area contributed by atoms with E-state index < -0.39 is 0 Å². The van der Waals surface area contributed by atoms with E-state index in [9.17, 15) is 4.39 Å². The van der Waals surface area contributed by atoms with E-state index in [4.69, 9.17) is 4.74 Å². The van der Waals surface area contributed by atoms with E-state index >= 15 is 0 Å². The van der Waals surface area contributed by atoms with E-state index in [1.54, 1.807) is 12.3 Å². The molecule has 4 heteroatoms. The number of nitrogens with zero attached hydrogens (tertiary/aromatic N) is 1. The maximum absolute atomic E-state index is 13.2. The third-order valence-electron chi connectivity index (χ3n) is 1.96. The Morgan fingerprint density at radius 1 is 1.43 bits per heavy atom. The average molecular weight is 256 g/mol. The zero-order valence-electron chi connectivity index (χ0n) is 7.42. The lowest BCUT2D eigenvalue weighted by Crippen LogP contribution is -1.89. The number of rotatable bonds is 1. The Hall–Kier alpha value is -1.16. The maximum Gasteiger partial charge on any atom is 0.221 e. The van der Waals surface area contributed by atoms with Crippen molar-refractivity contribution in [3.63, 3.8) is 0 Å². The largest absolute Gasteiger partial charge is 0.481 e. The molecule has 0 amide bonds. The lowest BCUT2D eigenvalue weighted by Gasteiger charge is -2.04. The van der Waals surface area contributed by atoms with Crippen molar-refractivity contribution in [1.82, 2.24) is 4.98 Å². The highest BCUT2D eigenvalue weighted by Gasteiger charge is 2.06. The molecule has 0 radical (unpaired) electrons. The molecule has 1 aromatic heterocycles. The summed E-state index contributed by atoms with van der Waals surface area (Å²) in [6.45, 7) is 0. The summed E-state index contributed by atoms with van der Waals surface area (Å²) in [5, 5.41) is 1.57. The van der Waals surface area contributed by atoms with E-state index in [2.05, 4.69) is 20.9 Å². The lowest BCUT2D eigenvalue weighted by molar-refractivity contribution is 0.403. The highest BCUT2D eigenvalue weighted by molar-refractivity contribution is 9.10. The molecule has 1 heterocycles. The Bertz CT molecular complexity index is 487. The minimum absolute atomic E-state index is 0.316. The predicted octanol–water partition coefficient (Wildman–Crippen LogP) is 3.15. The predicted molar refractivity (Wildman–Crippen MR) is 56.0 cm³/mol. The fourth-order valence-corrected chi connectivity index (χ4v) is 1.66. The van der Waals surface area contributed by atoms with Gasteiger partial charge in [0.1, 0.15) is 5.82 Å². The highest BCUT2D eigenvalue weighted by atomic mass is 79.9. The van der Waals surface area contributed by atoms with Gasteiger partial charge in [-0.05, 0) is 39.5 Å². The first kappa shape index (κ1) is 9.40. The molecule has 0 aliphatic carbocycles. The SMILES string of the molecule is COc1nccc2cc(Br)c(F)cc12. The Balaban J connectivity index is 2.81. The molecule has 0 spiro atoms. The van der Waals surface area contributed by atoms with Gasteiger partial charge in [0.05, 0.1) is 11.6 Å². The van der Waals surface area contributed by atoms with Gasteiger partial charge in [0, 0.05) is 11.6 Å². The Morgan fingerprint density at radius 3 is 2.93 bits per heavy atom. The van der Waals surface area contributed by atoms with Crippen LogP contribution < -0.4 is 4.74 Å². The normalized spacial score (nSPS) is 10.5. The molecule has 0 saturated carbocycles. The number of benzene rings is 1. The van der Waals surface area contributed by atoms with Gasteiger partial charge in [-0.1, -0.05) is 0 Å². The van der Waals surface area contributed by atoms with E-state index in [1.165, 1.54) is 13.2 Å². The number of pyridine rings is 1. The fraction of sp³-hybridized carbons (Fsp3) is 0.100. The van der Waals surface area contributed by atoms with Crippen LogP contribution >= 0.6 is 15.9 Å². The number of ether oxygens (including phenoxy) is 1. The number of halogens is 2. The molecule has 0 saturated heterocycles. The monoisotopic (exact) mass is 255 g/mol. The summed E-state index contributed by atoms with van der Waals surface area (Å²) < 4.78 is 18.7. The van der Waals surface area contributed by atoms with Crippen LogP contribution in [0, 0.1) is 5.82 Å². The van der Waals surface area contributed by atoms with Gasteiger partial charge >= 0.3 is 0 Å². The van der Waals surface area contributed by atoms with Crippen molar-refractivity contribution in [3.05, 3.63) is 34.7 Å². The van der Waals surface area contributed by atoms with Gasteiger partial charge in [0.2, 0.25) is 5.88 Å². The van der Waals surface area contributed by atoms with Gasteiger partial charge in [0.25, 0.3) is 0 Å². The van der Waals surface area contributed by atoms with Crippen molar-refractivity contribution < 1.29 is 9.13 Å². The molecule has 0 bridgehead atoms. The van der Waals surface area contributed by atoms with Crippen LogP contribution in [0.2, 0.25) is 0 Å². The quantitative estimate of drug-likeness (QED) is 0.781. The van der Waals surface area contributed by atoms with Gasteiger partial charge in [-0.3, -0.25) is 0 Å². The first-order valence-electron chi connectivity index (χ1n) is 4.00. The smallest absolute Gasteiger partial charge is 0.221 e. The lowest BCUT2D eigenvalue weighted by atomic mass is 10.2. The standard InChI is InChI=1S/C10H7BrFNO/c1-14-10-7-5-9(12)8(11)4-6(7)2-3-13-10/h2-5H,1H3. The van der Waals surface area contributed by atoms with Gasteiger partial charge in [-0.15, -0.1) is 0 Å². The van der Waals surface area contributed by atoms with Crippen LogP contribution in [-0.4, -0.2) is 12.1 Å². The highest BCUT2D eigenvalue weighted by Crippen LogP contribution is 2.27. The van der Waals surface area contributed by atoms with Crippen LogP contribution in [0.5, 0.6) is 5.88 Å². The number of aromatic nitrogens is 1. The molecule has 2 nitrogen and oxygen atoms in total. The molecule has 0 unspecified atom stereocenters. The molecule has 2 rings (SSSR count). The number of hydrogen-bond donors (Lipinski definition) is 0. The van der Waals surface area contributed by atoms with Gasteiger partial charge < -0.3 is 4.74 Å². The number of hydrogen-bond acceptors (Lipinski definition) is 2. The van der Waals surface area contributed by atoms with Crippen molar-refractivity contribution in [1.29, 1.82) is 0 Å². The van der Waals surface area contributed by atoms with Crippen LogP contribution in [0.3, 0.4) is 0 Å². The third-order valence-corrected chi connectivity index (χ3v) is 2.57. The molecule has 72 valence electrons. The summed E-state index contributed by atoms with van der Waals surface area (Å²) in [6.07, 6.45) is 1.63. The zero-order chi connectivity index (χ0) is 10.1. The molecule has 1 aromatic carbocycles. The summed E-state index contributed by atoms with van der Waals surface area (Å²) in [5.41, 5.74) is 0. The van der Waals surface area contributed by atoms with Crippen molar-refractivity contribution >= 4 is 26.7 Å². The Morgan fingerprint density at radius 2 is 2.21 bits per heavy atom. The molecule has 14 heavy (non-hydrogen) atoms. The number of fused-ring (bicyclic) bond motifs is 1. The summed E-state index contributed by atoms with van der Waals surface area (Å²) in [5.74, 6) is 0.123. The fourth-order valence-electron chi connectivity index (χ4n) is 1.30. The molecule has 0 aliphatic rings. The molecule has 0 aliphatic heterocycles.